The summed E-state index contributed by atoms with van der Waals surface area (Å²) in [7, 11) is -4.25. The number of aliphatic hydroxyl groups is 2. The number of phosphoric ester groups is 1. The molecule has 1 fully saturated rings. The molecular formula is C25H40N5O10PS2. The standard InChI is InChI=1S/C25H40N5O10PS2/c1-24(2,3)21(34)42-9-7-37-41(36,38-8-10-43-22(35)25(4,5)6)39-12-15-14(11-31)17(32)20(40-15)30-13-27-16-18(30)28-23(26)29-19(16)33/h13-15,17,20,31-32H,7-12H2,1-6H3,(H3,26,28,29,33)/t14-,15-,17-,20-/m1/s1. The van der Waals surface area contributed by atoms with Crippen molar-refractivity contribution in [2.45, 2.75) is 60.0 Å². The number of nitrogens with zero attached hydrogens (tertiary/aromatic N) is 3. The monoisotopic (exact) mass is 665 g/mol. The fourth-order valence-electron chi connectivity index (χ4n) is 3.82. The third-order valence-electron chi connectivity index (χ3n) is 6.21. The van der Waals surface area contributed by atoms with E-state index in [0.717, 1.165) is 23.5 Å². The summed E-state index contributed by atoms with van der Waals surface area (Å²) < 4.78 is 37.4. The Hall–Kier alpha value is -1.82. The van der Waals surface area contributed by atoms with Gasteiger partial charge in [0.05, 0.1) is 38.9 Å². The number of anilines is 1. The number of rotatable bonds is 13. The number of aromatic nitrogens is 4. The Morgan fingerprint density at radius 2 is 1.65 bits per heavy atom. The molecule has 15 nitrogen and oxygen atoms in total. The van der Waals surface area contributed by atoms with E-state index < -0.39 is 61.8 Å². The lowest BCUT2D eigenvalue weighted by Gasteiger charge is -2.22. The Bertz CT molecular complexity index is 1350. The molecule has 2 aromatic rings. The van der Waals surface area contributed by atoms with Gasteiger partial charge >= 0.3 is 7.82 Å². The van der Waals surface area contributed by atoms with Gasteiger partial charge in [0, 0.05) is 28.3 Å². The zero-order valence-electron chi connectivity index (χ0n) is 25.0. The van der Waals surface area contributed by atoms with Crippen molar-refractivity contribution in [3.8, 4) is 0 Å². The SMILES string of the molecule is CC(C)(C)C(=O)SCCOP(=O)(OCCSC(=O)C(C)(C)C)OC[C@H]1O[C@@H](n2cnc3c(=O)[nH]c(N)nc32)[C@H](O)[C@@H]1CO. The lowest BCUT2D eigenvalue weighted by atomic mass is 9.99. The Morgan fingerprint density at radius 3 is 2.16 bits per heavy atom. The maximum atomic E-state index is 13.6. The summed E-state index contributed by atoms with van der Waals surface area (Å²) in [6, 6.07) is 0. The van der Waals surface area contributed by atoms with E-state index in [9.17, 15) is 29.2 Å². The van der Waals surface area contributed by atoms with Crippen LogP contribution in [-0.4, -0.2) is 90.1 Å². The molecule has 242 valence electrons. The van der Waals surface area contributed by atoms with Crippen molar-refractivity contribution in [1.82, 2.24) is 19.5 Å². The first-order chi connectivity index (χ1) is 20.0. The molecule has 4 atom stereocenters. The van der Waals surface area contributed by atoms with E-state index in [1.165, 1.54) is 10.9 Å². The molecule has 0 aliphatic carbocycles. The zero-order valence-corrected chi connectivity index (χ0v) is 27.5. The number of hydrogen-bond acceptors (Lipinski definition) is 15. The predicted octanol–water partition coefficient (Wildman–Crippen LogP) is 2.34. The Balaban J connectivity index is 1.70. The second-order valence-electron chi connectivity index (χ2n) is 11.9. The van der Waals surface area contributed by atoms with Crippen molar-refractivity contribution in [3.63, 3.8) is 0 Å². The molecule has 0 saturated carbocycles. The van der Waals surface area contributed by atoms with Crippen molar-refractivity contribution < 1.29 is 42.7 Å². The van der Waals surface area contributed by atoms with Crippen LogP contribution in [0.1, 0.15) is 47.8 Å². The number of hydrogen-bond donors (Lipinski definition) is 4. The fraction of sp³-hybridized carbons (Fsp3) is 0.720. The number of H-pyrrole nitrogens is 1. The molecule has 0 aromatic carbocycles. The second kappa shape index (κ2) is 14.5. The number of thioether (sulfide) groups is 2. The van der Waals surface area contributed by atoms with E-state index in [1.54, 1.807) is 41.5 Å². The van der Waals surface area contributed by atoms with Gasteiger partial charge in [-0.2, -0.15) is 4.98 Å². The number of aromatic amines is 1. The Kier molecular flexibility index (Phi) is 12.0. The Labute approximate surface area is 257 Å². The first kappa shape index (κ1) is 35.7. The third kappa shape index (κ3) is 9.34. The summed E-state index contributed by atoms with van der Waals surface area (Å²) in [5.41, 5.74) is 3.99. The van der Waals surface area contributed by atoms with Crippen LogP contribution in [0.4, 0.5) is 5.95 Å². The molecule has 0 amide bonds. The minimum absolute atomic E-state index is 0.0258. The van der Waals surface area contributed by atoms with Crippen LogP contribution in [0.3, 0.4) is 0 Å². The zero-order chi connectivity index (χ0) is 32.2. The highest BCUT2D eigenvalue weighted by molar-refractivity contribution is 8.14. The van der Waals surface area contributed by atoms with Crippen molar-refractivity contribution in [2.75, 3.05) is 43.7 Å². The summed E-state index contributed by atoms with van der Waals surface area (Å²) in [5.74, 6) is -0.680. The van der Waals surface area contributed by atoms with Gasteiger partial charge in [-0.05, 0) is 0 Å². The molecule has 5 N–H and O–H groups in total. The summed E-state index contributed by atoms with van der Waals surface area (Å²) in [6.07, 6.45) is -2.16. The largest absolute Gasteiger partial charge is 0.474 e. The number of imidazole rings is 1. The maximum absolute atomic E-state index is 13.6. The fourth-order valence-corrected chi connectivity index (χ4v) is 6.82. The minimum atomic E-state index is -4.25. The van der Waals surface area contributed by atoms with Crippen molar-refractivity contribution in [2.24, 2.45) is 16.7 Å². The first-order valence-electron chi connectivity index (χ1n) is 13.5. The van der Waals surface area contributed by atoms with Gasteiger partial charge < -0.3 is 20.7 Å². The van der Waals surface area contributed by atoms with Crippen molar-refractivity contribution in [1.29, 1.82) is 0 Å². The summed E-state index contributed by atoms with van der Waals surface area (Å²) in [4.78, 5) is 47.1. The van der Waals surface area contributed by atoms with Crippen LogP contribution in [0.15, 0.2) is 11.1 Å². The maximum Gasteiger partial charge on any atom is 0.474 e. The van der Waals surface area contributed by atoms with Gasteiger partial charge in [-0.15, -0.1) is 0 Å². The van der Waals surface area contributed by atoms with E-state index in [4.69, 9.17) is 24.0 Å². The number of nitrogens with one attached hydrogen (secondary N) is 1. The molecule has 1 aliphatic rings. The van der Waals surface area contributed by atoms with Gasteiger partial charge in [-0.1, -0.05) is 65.1 Å². The van der Waals surface area contributed by atoms with Gasteiger partial charge in [-0.3, -0.25) is 37.5 Å². The van der Waals surface area contributed by atoms with E-state index in [1.807, 2.05) is 0 Å². The normalized spacial score (nSPS) is 21.5. The predicted molar refractivity (Wildman–Crippen MR) is 162 cm³/mol. The van der Waals surface area contributed by atoms with E-state index in [0.29, 0.717) is 0 Å². The third-order valence-corrected chi connectivity index (χ3v) is 10.2. The summed E-state index contributed by atoms with van der Waals surface area (Å²) in [6.45, 7) is 9.50. The number of fused-ring (bicyclic) bond motifs is 1. The highest BCUT2D eigenvalue weighted by Gasteiger charge is 2.46. The van der Waals surface area contributed by atoms with Gasteiger partial charge in [0.15, 0.2) is 27.6 Å². The quantitative estimate of drug-likeness (QED) is 0.178. The lowest BCUT2D eigenvalue weighted by molar-refractivity contribution is -0.118. The van der Waals surface area contributed by atoms with Crippen LogP contribution in [-0.2, 0) is 32.5 Å². The van der Waals surface area contributed by atoms with E-state index in [-0.39, 0.29) is 52.1 Å². The van der Waals surface area contributed by atoms with Crippen LogP contribution < -0.4 is 11.3 Å². The highest BCUT2D eigenvalue weighted by Crippen LogP contribution is 2.51. The number of nitrogens with two attached hydrogens (primary N) is 1. The van der Waals surface area contributed by atoms with Crippen LogP contribution in [0.5, 0.6) is 0 Å². The van der Waals surface area contributed by atoms with Gasteiger partial charge in [0.1, 0.15) is 6.10 Å². The average molecular weight is 666 g/mol. The number of aliphatic hydroxyl groups excluding tert-OH is 2. The van der Waals surface area contributed by atoms with Crippen LogP contribution >= 0.6 is 31.3 Å². The van der Waals surface area contributed by atoms with Crippen molar-refractivity contribution in [3.05, 3.63) is 16.7 Å². The average Bonchev–Trinajstić information content (AvgIpc) is 3.46. The first-order valence-corrected chi connectivity index (χ1v) is 16.9. The molecule has 3 rings (SSSR count). The van der Waals surface area contributed by atoms with Crippen LogP contribution in [0, 0.1) is 16.7 Å². The minimum Gasteiger partial charge on any atom is -0.396 e. The van der Waals surface area contributed by atoms with Crippen molar-refractivity contribution >= 4 is 58.7 Å². The number of carbonyl (C=O) groups is 2. The molecular weight excluding hydrogens is 625 g/mol. The number of carbonyl (C=O) groups excluding carboxylic acids is 2. The highest BCUT2D eigenvalue weighted by atomic mass is 32.2. The summed E-state index contributed by atoms with van der Waals surface area (Å²) in [5, 5.41) is 20.9. The molecule has 3 heterocycles. The molecule has 43 heavy (non-hydrogen) atoms. The molecule has 2 aromatic heterocycles. The molecule has 1 aliphatic heterocycles. The summed E-state index contributed by atoms with van der Waals surface area (Å²) >= 11 is 2.05. The second-order valence-corrected chi connectivity index (χ2v) is 15.7. The smallest absolute Gasteiger partial charge is 0.396 e. The van der Waals surface area contributed by atoms with Crippen LogP contribution in [0.2, 0.25) is 0 Å². The van der Waals surface area contributed by atoms with Crippen LogP contribution in [0.25, 0.3) is 11.2 Å². The molecule has 0 radical (unpaired) electrons. The topological polar surface area (TPSA) is 218 Å². The van der Waals surface area contributed by atoms with Gasteiger partial charge in [0.25, 0.3) is 5.56 Å². The van der Waals surface area contributed by atoms with Gasteiger partial charge in [-0.25, -0.2) is 9.55 Å². The lowest BCUT2D eigenvalue weighted by Crippen LogP contribution is -2.31. The van der Waals surface area contributed by atoms with E-state index >= 15 is 0 Å². The molecule has 0 unspecified atom stereocenters. The molecule has 0 bridgehead atoms. The molecule has 18 heteroatoms. The molecule has 1 saturated heterocycles. The number of ether oxygens (including phenoxy) is 1. The number of nitrogen functional groups attached to an aromatic ring is 1. The number of phosphoric acid groups is 1. The van der Waals surface area contributed by atoms with E-state index in [2.05, 4.69) is 15.0 Å². The Morgan fingerprint density at radius 1 is 1.09 bits per heavy atom. The molecule has 0 spiro atoms. The van der Waals surface area contributed by atoms with Gasteiger partial charge in [0.2, 0.25) is 5.95 Å².